The number of alkyl halides is 6. The Morgan fingerprint density at radius 3 is 2.18 bits per heavy atom. The van der Waals surface area contributed by atoms with E-state index < -0.39 is 41.4 Å². The van der Waals surface area contributed by atoms with Crippen LogP contribution in [0.4, 0.5) is 32.0 Å². The Morgan fingerprint density at radius 2 is 1.55 bits per heavy atom. The van der Waals surface area contributed by atoms with Gasteiger partial charge in [0.25, 0.3) is 0 Å². The number of aromatic nitrogens is 1. The Balaban J connectivity index is 1.68. The van der Waals surface area contributed by atoms with Gasteiger partial charge in [-0.1, -0.05) is 49.7 Å². The molecule has 1 aromatic heterocycles. The SMILES string of the molecule is Cc1ccc(N2C(=O)[C@H](CC(C)(C)c3cccc(C(F)(F)F)n3)C[C@@H]2c2cccc(OC(F)(F)F)c2)cc1. The van der Waals surface area contributed by atoms with Crippen LogP contribution in [0, 0.1) is 12.8 Å². The largest absolute Gasteiger partial charge is 0.573 e. The van der Waals surface area contributed by atoms with Gasteiger partial charge < -0.3 is 9.64 Å². The van der Waals surface area contributed by atoms with Gasteiger partial charge in [0.05, 0.1) is 6.04 Å². The van der Waals surface area contributed by atoms with Crippen molar-refractivity contribution in [2.24, 2.45) is 5.92 Å². The van der Waals surface area contributed by atoms with Crippen LogP contribution in [0.5, 0.6) is 5.75 Å². The van der Waals surface area contributed by atoms with Gasteiger partial charge in [0.2, 0.25) is 5.91 Å². The zero-order valence-corrected chi connectivity index (χ0v) is 20.9. The molecule has 0 radical (unpaired) electrons. The topological polar surface area (TPSA) is 42.4 Å². The van der Waals surface area contributed by atoms with Crippen LogP contribution in [0.1, 0.15) is 55.2 Å². The Bertz CT molecular complexity index is 1300. The molecule has 2 heterocycles. The zero-order valence-electron chi connectivity index (χ0n) is 20.9. The number of benzene rings is 2. The molecule has 3 aromatic rings. The molecule has 4 nitrogen and oxygen atoms in total. The number of aryl methyl sites for hydroxylation is 1. The lowest BCUT2D eigenvalue weighted by Crippen LogP contribution is -2.32. The van der Waals surface area contributed by atoms with Crippen molar-refractivity contribution in [1.29, 1.82) is 0 Å². The highest BCUT2D eigenvalue weighted by Gasteiger charge is 2.44. The van der Waals surface area contributed by atoms with E-state index in [0.29, 0.717) is 11.3 Å². The van der Waals surface area contributed by atoms with Gasteiger partial charge in [-0.3, -0.25) is 4.79 Å². The fourth-order valence-electron chi connectivity index (χ4n) is 4.90. The van der Waals surface area contributed by atoms with E-state index in [-0.39, 0.29) is 24.4 Å². The maximum Gasteiger partial charge on any atom is 0.573 e. The first-order valence-electron chi connectivity index (χ1n) is 11.9. The van der Waals surface area contributed by atoms with Crippen molar-refractivity contribution in [3.63, 3.8) is 0 Å². The summed E-state index contributed by atoms with van der Waals surface area (Å²) in [4.78, 5) is 19.1. The molecule has 4 rings (SSSR count). The Kier molecular flexibility index (Phi) is 7.20. The molecule has 0 saturated carbocycles. The van der Waals surface area contributed by atoms with E-state index in [1.807, 2.05) is 19.1 Å². The number of hydrogen-bond acceptors (Lipinski definition) is 3. The number of ether oxygens (including phenoxy) is 1. The molecule has 1 saturated heterocycles. The molecule has 10 heteroatoms. The van der Waals surface area contributed by atoms with Crippen molar-refractivity contribution >= 4 is 11.6 Å². The molecule has 38 heavy (non-hydrogen) atoms. The fraction of sp³-hybridized carbons (Fsp3) is 0.357. The molecule has 0 spiro atoms. The van der Waals surface area contributed by atoms with Crippen LogP contribution in [0.25, 0.3) is 0 Å². The third kappa shape index (κ3) is 6.11. The number of halogens is 6. The number of rotatable bonds is 6. The van der Waals surface area contributed by atoms with Crippen LogP contribution < -0.4 is 9.64 Å². The lowest BCUT2D eigenvalue weighted by Gasteiger charge is -2.28. The minimum absolute atomic E-state index is 0.192. The van der Waals surface area contributed by atoms with Crippen molar-refractivity contribution in [1.82, 2.24) is 4.98 Å². The molecule has 0 unspecified atom stereocenters. The summed E-state index contributed by atoms with van der Waals surface area (Å²) in [5, 5.41) is 0. The minimum Gasteiger partial charge on any atom is -0.406 e. The average Bonchev–Trinajstić information content (AvgIpc) is 3.13. The second-order valence-corrected chi connectivity index (χ2v) is 10.1. The maximum atomic E-state index is 13.7. The monoisotopic (exact) mass is 536 g/mol. The summed E-state index contributed by atoms with van der Waals surface area (Å²) in [6.07, 6.45) is -9.03. The quantitative estimate of drug-likeness (QED) is 0.302. The number of anilines is 1. The molecule has 0 N–H and O–H groups in total. The van der Waals surface area contributed by atoms with Crippen molar-refractivity contribution in [2.45, 2.75) is 57.6 Å². The lowest BCUT2D eigenvalue weighted by atomic mass is 9.78. The molecule has 2 atom stereocenters. The van der Waals surface area contributed by atoms with E-state index in [1.165, 1.54) is 30.3 Å². The first-order valence-corrected chi connectivity index (χ1v) is 11.9. The normalized spacial score (nSPS) is 18.7. The van der Waals surface area contributed by atoms with Gasteiger partial charge in [0, 0.05) is 22.7 Å². The molecule has 1 aliphatic heterocycles. The van der Waals surface area contributed by atoms with Crippen molar-refractivity contribution in [2.75, 3.05) is 4.90 Å². The number of hydrogen-bond donors (Lipinski definition) is 0. The number of carbonyl (C=O) groups is 1. The van der Waals surface area contributed by atoms with Gasteiger partial charge in [-0.05, 0) is 61.7 Å². The summed E-state index contributed by atoms with van der Waals surface area (Å²) in [7, 11) is 0. The molecule has 202 valence electrons. The van der Waals surface area contributed by atoms with Crippen LogP contribution in [-0.2, 0) is 16.4 Å². The first kappa shape index (κ1) is 27.5. The summed E-state index contributed by atoms with van der Waals surface area (Å²) in [5.41, 5.74) is 0.290. The predicted molar refractivity (Wildman–Crippen MR) is 130 cm³/mol. The number of amides is 1. The number of pyridine rings is 1. The lowest BCUT2D eigenvalue weighted by molar-refractivity contribution is -0.274. The molecule has 1 aliphatic rings. The van der Waals surface area contributed by atoms with Gasteiger partial charge >= 0.3 is 12.5 Å². The molecular weight excluding hydrogens is 510 g/mol. The molecule has 1 fully saturated rings. The predicted octanol–water partition coefficient (Wildman–Crippen LogP) is 7.77. The van der Waals surface area contributed by atoms with E-state index in [9.17, 15) is 31.1 Å². The third-order valence-corrected chi connectivity index (χ3v) is 6.68. The fourth-order valence-corrected chi connectivity index (χ4v) is 4.90. The smallest absolute Gasteiger partial charge is 0.406 e. The van der Waals surface area contributed by atoms with E-state index >= 15 is 0 Å². The van der Waals surface area contributed by atoms with Crippen molar-refractivity contribution in [3.05, 3.63) is 89.2 Å². The standard InChI is InChI=1S/C28H26F6N2O2/c1-17-10-12-20(13-11-17)36-22(18-6-4-7-21(14-18)38-28(32,33)34)15-19(25(36)37)16-26(2,3)23-8-5-9-24(35-23)27(29,30)31/h4-14,19,22H,15-16H2,1-3H3/t19-,22+/m0/s1. The molecule has 1 amide bonds. The maximum absolute atomic E-state index is 13.7. The van der Waals surface area contributed by atoms with Gasteiger partial charge in [0.1, 0.15) is 11.4 Å². The number of carbonyl (C=O) groups excluding carboxylic acids is 1. The molecule has 0 bridgehead atoms. The van der Waals surface area contributed by atoms with Gasteiger partial charge in [-0.25, -0.2) is 4.98 Å². The average molecular weight is 537 g/mol. The van der Waals surface area contributed by atoms with Crippen molar-refractivity contribution < 1.29 is 35.9 Å². The Hall–Kier alpha value is -3.56. The summed E-state index contributed by atoms with van der Waals surface area (Å²) in [5.74, 6) is -1.27. The highest BCUT2D eigenvalue weighted by atomic mass is 19.4. The Labute approximate surface area is 216 Å². The first-order chi connectivity index (χ1) is 17.6. The highest BCUT2D eigenvalue weighted by Crippen LogP contribution is 2.45. The van der Waals surface area contributed by atoms with E-state index in [2.05, 4.69) is 9.72 Å². The van der Waals surface area contributed by atoms with E-state index in [0.717, 1.165) is 11.6 Å². The van der Waals surface area contributed by atoms with Gasteiger partial charge in [-0.2, -0.15) is 13.2 Å². The van der Waals surface area contributed by atoms with Crippen LogP contribution in [0.2, 0.25) is 0 Å². The van der Waals surface area contributed by atoms with Crippen LogP contribution in [-0.4, -0.2) is 17.3 Å². The summed E-state index contributed by atoms with van der Waals surface area (Å²) in [6.45, 7) is 5.34. The highest BCUT2D eigenvalue weighted by molar-refractivity contribution is 5.98. The van der Waals surface area contributed by atoms with E-state index in [4.69, 9.17) is 0 Å². The molecule has 0 aliphatic carbocycles. The zero-order chi connectivity index (χ0) is 27.9. The van der Waals surface area contributed by atoms with E-state index in [1.54, 1.807) is 36.9 Å². The second kappa shape index (κ2) is 9.96. The van der Waals surface area contributed by atoms with Crippen LogP contribution in [0.15, 0.2) is 66.7 Å². The molecular formula is C28H26F6N2O2. The van der Waals surface area contributed by atoms with Crippen molar-refractivity contribution in [3.8, 4) is 5.75 Å². The third-order valence-electron chi connectivity index (χ3n) is 6.68. The molecule has 2 aromatic carbocycles. The van der Waals surface area contributed by atoms with Gasteiger partial charge in [-0.15, -0.1) is 13.2 Å². The second-order valence-electron chi connectivity index (χ2n) is 10.1. The van der Waals surface area contributed by atoms with Gasteiger partial charge in [0.15, 0.2) is 0 Å². The van der Waals surface area contributed by atoms with Crippen LogP contribution in [0.3, 0.4) is 0 Å². The summed E-state index contributed by atoms with van der Waals surface area (Å²) < 4.78 is 82.4. The summed E-state index contributed by atoms with van der Waals surface area (Å²) >= 11 is 0. The van der Waals surface area contributed by atoms with Crippen LogP contribution >= 0.6 is 0 Å². The Morgan fingerprint density at radius 1 is 0.921 bits per heavy atom. The summed E-state index contributed by atoms with van der Waals surface area (Å²) in [6, 6.07) is 15.8. The minimum atomic E-state index is -4.87. The number of nitrogens with zero attached hydrogens (tertiary/aromatic N) is 2.